The van der Waals surface area contributed by atoms with Crippen molar-refractivity contribution < 1.29 is 0 Å². The van der Waals surface area contributed by atoms with Crippen molar-refractivity contribution >= 4 is 0 Å². The van der Waals surface area contributed by atoms with Crippen LogP contribution >= 0.6 is 0 Å². The van der Waals surface area contributed by atoms with Gasteiger partial charge < -0.3 is 4.90 Å². The summed E-state index contributed by atoms with van der Waals surface area (Å²) in [5.41, 5.74) is 2.54. The summed E-state index contributed by atoms with van der Waals surface area (Å²) in [6, 6.07) is 9.40. The summed E-state index contributed by atoms with van der Waals surface area (Å²) in [7, 11) is 0. The standard InChI is InChI=1S/C19H27N/c1-15(2)19-9-7-17(8-10-19)5-6-18-11-13-20(14-12-18)16(3)4/h7-10,15-16,18H,11-14H2,1-4H3. The van der Waals surface area contributed by atoms with E-state index in [4.69, 9.17) is 0 Å². The average Bonchev–Trinajstić information content (AvgIpc) is 2.46. The van der Waals surface area contributed by atoms with E-state index in [1.165, 1.54) is 31.5 Å². The van der Waals surface area contributed by atoms with Crippen LogP contribution in [0.4, 0.5) is 0 Å². The first kappa shape index (κ1) is 15.1. The van der Waals surface area contributed by atoms with Gasteiger partial charge in [-0.05, 0) is 63.4 Å². The number of likely N-dealkylation sites (tertiary alicyclic amines) is 1. The van der Waals surface area contributed by atoms with Gasteiger partial charge in [0, 0.05) is 17.5 Å². The van der Waals surface area contributed by atoms with Gasteiger partial charge in [-0.25, -0.2) is 0 Å². The Labute approximate surface area is 124 Å². The smallest absolute Gasteiger partial charge is 0.0245 e. The molecule has 0 amide bonds. The Hall–Kier alpha value is -1.26. The molecule has 1 nitrogen and oxygen atoms in total. The molecule has 0 atom stereocenters. The Morgan fingerprint density at radius 3 is 2.10 bits per heavy atom. The summed E-state index contributed by atoms with van der Waals surface area (Å²) in [4.78, 5) is 2.55. The fraction of sp³-hybridized carbons (Fsp3) is 0.579. The van der Waals surface area contributed by atoms with Crippen LogP contribution in [0, 0.1) is 17.8 Å². The van der Waals surface area contributed by atoms with Gasteiger partial charge in [-0.2, -0.15) is 0 Å². The van der Waals surface area contributed by atoms with Crippen LogP contribution in [0.15, 0.2) is 24.3 Å². The lowest BCUT2D eigenvalue weighted by molar-refractivity contribution is 0.167. The molecular weight excluding hydrogens is 242 g/mol. The molecule has 0 spiro atoms. The molecule has 0 unspecified atom stereocenters. The second kappa shape index (κ2) is 6.95. The van der Waals surface area contributed by atoms with E-state index in [2.05, 4.69) is 68.7 Å². The number of nitrogens with zero attached hydrogens (tertiary/aromatic N) is 1. The molecule has 0 saturated carbocycles. The van der Waals surface area contributed by atoms with Crippen LogP contribution in [0.2, 0.25) is 0 Å². The third-order valence-electron chi connectivity index (χ3n) is 4.26. The lowest BCUT2D eigenvalue weighted by Crippen LogP contribution is -2.38. The Kier molecular flexibility index (Phi) is 5.26. The van der Waals surface area contributed by atoms with E-state index in [-0.39, 0.29) is 0 Å². The van der Waals surface area contributed by atoms with Crippen molar-refractivity contribution in [1.29, 1.82) is 0 Å². The third kappa shape index (κ3) is 4.12. The molecule has 20 heavy (non-hydrogen) atoms. The van der Waals surface area contributed by atoms with E-state index in [1.54, 1.807) is 0 Å². The molecule has 2 rings (SSSR count). The van der Waals surface area contributed by atoms with Crippen LogP contribution in [0.1, 0.15) is 57.6 Å². The molecule has 1 heterocycles. The lowest BCUT2D eigenvalue weighted by Gasteiger charge is -2.32. The normalized spacial score (nSPS) is 17.3. The molecular formula is C19H27N. The van der Waals surface area contributed by atoms with Gasteiger partial charge in [0.25, 0.3) is 0 Å². The van der Waals surface area contributed by atoms with Crippen molar-refractivity contribution in [2.75, 3.05) is 13.1 Å². The highest BCUT2D eigenvalue weighted by Crippen LogP contribution is 2.18. The minimum atomic E-state index is 0.578. The number of hydrogen-bond acceptors (Lipinski definition) is 1. The Bertz CT molecular complexity index is 465. The molecule has 0 N–H and O–H groups in total. The molecule has 0 bridgehead atoms. The van der Waals surface area contributed by atoms with Crippen molar-refractivity contribution in [1.82, 2.24) is 4.90 Å². The molecule has 1 aromatic carbocycles. The summed E-state index contributed by atoms with van der Waals surface area (Å²) in [6.07, 6.45) is 2.44. The molecule has 0 radical (unpaired) electrons. The fourth-order valence-corrected chi connectivity index (χ4v) is 2.70. The fourth-order valence-electron chi connectivity index (χ4n) is 2.70. The maximum Gasteiger partial charge on any atom is 0.0245 e. The van der Waals surface area contributed by atoms with Gasteiger partial charge in [-0.15, -0.1) is 0 Å². The van der Waals surface area contributed by atoms with Gasteiger partial charge in [-0.1, -0.05) is 37.8 Å². The maximum atomic E-state index is 3.47. The molecule has 0 aliphatic carbocycles. The summed E-state index contributed by atoms with van der Waals surface area (Å²) in [5.74, 6) is 8.00. The largest absolute Gasteiger partial charge is 0.301 e. The first-order chi connectivity index (χ1) is 9.56. The van der Waals surface area contributed by atoms with E-state index < -0.39 is 0 Å². The van der Waals surface area contributed by atoms with Crippen LogP contribution in [0.5, 0.6) is 0 Å². The second-order valence-corrected chi connectivity index (χ2v) is 6.45. The molecule has 1 fully saturated rings. The highest BCUT2D eigenvalue weighted by Gasteiger charge is 2.18. The summed E-state index contributed by atoms with van der Waals surface area (Å²) in [5, 5.41) is 0. The molecule has 0 aromatic heterocycles. The second-order valence-electron chi connectivity index (χ2n) is 6.45. The molecule has 1 saturated heterocycles. The van der Waals surface area contributed by atoms with Gasteiger partial charge in [0.05, 0.1) is 0 Å². The highest BCUT2D eigenvalue weighted by molar-refractivity contribution is 5.37. The van der Waals surface area contributed by atoms with Crippen molar-refractivity contribution in [2.45, 2.75) is 52.5 Å². The predicted molar refractivity (Wildman–Crippen MR) is 86.8 cm³/mol. The van der Waals surface area contributed by atoms with Gasteiger partial charge in [0.1, 0.15) is 0 Å². The summed E-state index contributed by atoms with van der Waals surface area (Å²) < 4.78 is 0. The van der Waals surface area contributed by atoms with Crippen LogP contribution < -0.4 is 0 Å². The minimum absolute atomic E-state index is 0.578. The van der Waals surface area contributed by atoms with Crippen molar-refractivity contribution in [2.24, 2.45) is 5.92 Å². The Balaban J connectivity index is 1.91. The molecule has 108 valence electrons. The Morgan fingerprint density at radius 1 is 1.00 bits per heavy atom. The van der Waals surface area contributed by atoms with Crippen LogP contribution in [-0.4, -0.2) is 24.0 Å². The molecule has 1 aliphatic heterocycles. The number of benzene rings is 1. The monoisotopic (exact) mass is 269 g/mol. The zero-order valence-corrected chi connectivity index (χ0v) is 13.3. The van der Waals surface area contributed by atoms with E-state index in [9.17, 15) is 0 Å². The van der Waals surface area contributed by atoms with Crippen LogP contribution in [-0.2, 0) is 0 Å². The Morgan fingerprint density at radius 2 is 1.60 bits per heavy atom. The van der Waals surface area contributed by atoms with E-state index in [0.29, 0.717) is 17.9 Å². The summed E-state index contributed by atoms with van der Waals surface area (Å²) in [6.45, 7) is 11.4. The van der Waals surface area contributed by atoms with Crippen molar-refractivity contribution in [3.63, 3.8) is 0 Å². The van der Waals surface area contributed by atoms with Crippen molar-refractivity contribution in [3.05, 3.63) is 35.4 Å². The van der Waals surface area contributed by atoms with E-state index in [0.717, 1.165) is 5.56 Å². The molecule has 1 heteroatoms. The van der Waals surface area contributed by atoms with Gasteiger partial charge in [0.2, 0.25) is 0 Å². The van der Waals surface area contributed by atoms with Gasteiger partial charge in [-0.3, -0.25) is 0 Å². The zero-order valence-electron chi connectivity index (χ0n) is 13.3. The van der Waals surface area contributed by atoms with E-state index in [1.807, 2.05) is 0 Å². The van der Waals surface area contributed by atoms with Crippen LogP contribution in [0.25, 0.3) is 0 Å². The molecule has 1 aromatic rings. The quantitative estimate of drug-likeness (QED) is 0.724. The maximum absolute atomic E-state index is 3.47. The van der Waals surface area contributed by atoms with Crippen LogP contribution in [0.3, 0.4) is 0 Å². The SMILES string of the molecule is CC(C)c1ccc(C#CC2CCN(C(C)C)CC2)cc1. The highest BCUT2D eigenvalue weighted by atomic mass is 15.1. The third-order valence-corrected chi connectivity index (χ3v) is 4.26. The number of piperidine rings is 1. The topological polar surface area (TPSA) is 3.24 Å². The van der Waals surface area contributed by atoms with E-state index >= 15 is 0 Å². The summed E-state index contributed by atoms with van der Waals surface area (Å²) >= 11 is 0. The lowest BCUT2D eigenvalue weighted by atomic mass is 9.96. The van der Waals surface area contributed by atoms with Crippen molar-refractivity contribution in [3.8, 4) is 11.8 Å². The first-order valence-electron chi connectivity index (χ1n) is 7.92. The predicted octanol–water partition coefficient (Wildman–Crippen LogP) is 4.28. The number of rotatable bonds is 2. The zero-order chi connectivity index (χ0) is 14.5. The first-order valence-corrected chi connectivity index (χ1v) is 7.92. The average molecular weight is 269 g/mol. The van der Waals surface area contributed by atoms with Gasteiger partial charge >= 0.3 is 0 Å². The number of hydrogen-bond donors (Lipinski definition) is 0. The minimum Gasteiger partial charge on any atom is -0.301 e. The van der Waals surface area contributed by atoms with Gasteiger partial charge in [0.15, 0.2) is 0 Å². The molecule has 1 aliphatic rings.